The van der Waals surface area contributed by atoms with Gasteiger partial charge in [0.2, 0.25) is 5.91 Å². The van der Waals surface area contributed by atoms with Gasteiger partial charge in [-0.05, 0) is 40.1 Å². The summed E-state index contributed by atoms with van der Waals surface area (Å²) >= 11 is 0. The largest absolute Gasteiger partial charge is 0.346 e. The van der Waals surface area contributed by atoms with Gasteiger partial charge in [0.1, 0.15) is 0 Å². The number of carbonyl (C=O) groups excluding carboxylic acids is 1. The molecule has 0 bridgehead atoms. The van der Waals surface area contributed by atoms with Crippen LogP contribution in [0, 0.1) is 0 Å². The molecule has 0 radical (unpaired) electrons. The quantitative estimate of drug-likeness (QED) is 0.799. The van der Waals surface area contributed by atoms with Crippen molar-refractivity contribution >= 4 is 5.91 Å². The van der Waals surface area contributed by atoms with Gasteiger partial charge < -0.3 is 15.5 Å². The summed E-state index contributed by atoms with van der Waals surface area (Å²) in [7, 11) is 4.02. The Hall–Kier alpha value is -1.39. The Bertz CT molecular complexity index is 415. The monoisotopic (exact) mass is 277 g/mol. The van der Waals surface area contributed by atoms with Crippen molar-refractivity contribution in [1.29, 1.82) is 0 Å². The van der Waals surface area contributed by atoms with Gasteiger partial charge in [0, 0.05) is 6.54 Å². The molecule has 0 aliphatic carbocycles. The first kappa shape index (κ1) is 16.7. The van der Waals surface area contributed by atoms with E-state index in [1.165, 1.54) is 0 Å². The zero-order valence-electron chi connectivity index (χ0n) is 13.2. The smallest absolute Gasteiger partial charge is 0.240 e. The van der Waals surface area contributed by atoms with E-state index < -0.39 is 5.54 Å². The van der Waals surface area contributed by atoms with Crippen molar-refractivity contribution < 1.29 is 4.79 Å². The predicted molar refractivity (Wildman–Crippen MR) is 83.6 cm³/mol. The fourth-order valence-electron chi connectivity index (χ4n) is 2.15. The lowest BCUT2D eigenvalue weighted by Crippen LogP contribution is -2.54. The van der Waals surface area contributed by atoms with Crippen LogP contribution in [0.2, 0.25) is 0 Å². The van der Waals surface area contributed by atoms with Crippen molar-refractivity contribution in [2.75, 3.05) is 27.2 Å². The minimum absolute atomic E-state index is 0.00312. The lowest BCUT2D eigenvalue weighted by atomic mass is 10.0. The molecule has 20 heavy (non-hydrogen) atoms. The maximum absolute atomic E-state index is 12.4. The molecular formula is C16H27N3O. The topological polar surface area (TPSA) is 44.4 Å². The normalized spacial score (nSPS) is 13.3. The zero-order chi connectivity index (χ0) is 15.2. The minimum Gasteiger partial charge on any atom is -0.346 e. The van der Waals surface area contributed by atoms with Gasteiger partial charge in [-0.15, -0.1) is 0 Å². The second-order valence-electron chi connectivity index (χ2n) is 5.85. The lowest BCUT2D eigenvalue weighted by Gasteiger charge is -2.29. The molecule has 112 valence electrons. The Morgan fingerprint density at radius 2 is 1.85 bits per heavy atom. The number of nitrogens with one attached hydrogen (secondary N) is 2. The average molecular weight is 277 g/mol. The second kappa shape index (κ2) is 7.41. The molecule has 1 atom stereocenters. The van der Waals surface area contributed by atoms with Crippen LogP contribution in [0.15, 0.2) is 30.3 Å². The van der Waals surface area contributed by atoms with Crippen LogP contribution in [0.3, 0.4) is 0 Å². The van der Waals surface area contributed by atoms with E-state index in [0.29, 0.717) is 0 Å². The van der Waals surface area contributed by atoms with Crippen molar-refractivity contribution in [3.63, 3.8) is 0 Å². The summed E-state index contributed by atoms with van der Waals surface area (Å²) in [4.78, 5) is 14.5. The SMILES string of the molecule is CCNC(C)(C)C(=O)NC(CN(C)C)c1ccccc1. The molecule has 2 N–H and O–H groups in total. The summed E-state index contributed by atoms with van der Waals surface area (Å²) in [5, 5.41) is 6.35. The average Bonchev–Trinajstić information content (AvgIpc) is 2.38. The van der Waals surface area contributed by atoms with Crippen LogP contribution < -0.4 is 10.6 Å². The van der Waals surface area contributed by atoms with Crippen molar-refractivity contribution in [3.05, 3.63) is 35.9 Å². The molecule has 0 aliphatic rings. The van der Waals surface area contributed by atoms with E-state index in [4.69, 9.17) is 0 Å². The first-order chi connectivity index (χ1) is 9.36. The second-order valence-corrected chi connectivity index (χ2v) is 5.85. The van der Waals surface area contributed by atoms with Crippen LogP contribution in [0.4, 0.5) is 0 Å². The number of hydrogen-bond donors (Lipinski definition) is 2. The standard InChI is InChI=1S/C16H27N3O/c1-6-17-16(2,3)15(20)18-14(12-19(4)5)13-10-8-7-9-11-13/h7-11,14,17H,6,12H2,1-5H3,(H,18,20). The van der Waals surface area contributed by atoms with Crippen LogP contribution in [0.25, 0.3) is 0 Å². The molecule has 0 saturated carbocycles. The van der Waals surface area contributed by atoms with Gasteiger partial charge in [-0.2, -0.15) is 0 Å². The van der Waals surface area contributed by atoms with Gasteiger partial charge in [-0.3, -0.25) is 4.79 Å². The molecule has 0 fully saturated rings. The van der Waals surface area contributed by atoms with E-state index in [0.717, 1.165) is 18.7 Å². The highest BCUT2D eigenvalue weighted by Crippen LogP contribution is 2.15. The third-order valence-electron chi connectivity index (χ3n) is 3.24. The first-order valence-electron chi connectivity index (χ1n) is 7.12. The first-order valence-corrected chi connectivity index (χ1v) is 7.12. The fraction of sp³-hybridized carbons (Fsp3) is 0.562. The van der Waals surface area contributed by atoms with E-state index in [1.807, 2.05) is 53.1 Å². The van der Waals surface area contributed by atoms with Crippen molar-refractivity contribution in [3.8, 4) is 0 Å². The maximum Gasteiger partial charge on any atom is 0.240 e. The summed E-state index contributed by atoms with van der Waals surface area (Å²) in [6, 6.07) is 10.1. The summed E-state index contributed by atoms with van der Waals surface area (Å²) in [5.41, 5.74) is 0.565. The predicted octanol–water partition coefficient (Wildman–Crippen LogP) is 1.79. The van der Waals surface area contributed by atoms with Gasteiger partial charge in [0.05, 0.1) is 11.6 Å². The van der Waals surface area contributed by atoms with Crippen LogP contribution >= 0.6 is 0 Å². The van der Waals surface area contributed by atoms with Gasteiger partial charge in [0.15, 0.2) is 0 Å². The number of benzene rings is 1. The maximum atomic E-state index is 12.4. The molecule has 0 spiro atoms. The van der Waals surface area contributed by atoms with Gasteiger partial charge in [0.25, 0.3) is 0 Å². The Kier molecular flexibility index (Phi) is 6.17. The molecule has 1 aromatic carbocycles. The zero-order valence-corrected chi connectivity index (χ0v) is 13.2. The Morgan fingerprint density at radius 3 is 2.35 bits per heavy atom. The van der Waals surface area contributed by atoms with E-state index in [-0.39, 0.29) is 11.9 Å². The number of likely N-dealkylation sites (N-methyl/N-ethyl adjacent to an activating group) is 2. The highest BCUT2D eigenvalue weighted by Gasteiger charge is 2.28. The van der Waals surface area contributed by atoms with Gasteiger partial charge >= 0.3 is 0 Å². The van der Waals surface area contributed by atoms with Crippen molar-refractivity contribution in [2.45, 2.75) is 32.4 Å². The molecule has 4 nitrogen and oxygen atoms in total. The molecule has 1 rings (SSSR count). The third-order valence-corrected chi connectivity index (χ3v) is 3.24. The molecule has 1 amide bonds. The third kappa shape index (κ3) is 4.94. The molecule has 0 aromatic heterocycles. The Labute approximate surface area is 122 Å². The summed E-state index contributed by atoms with van der Waals surface area (Å²) in [6.07, 6.45) is 0. The summed E-state index contributed by atoms with van der Waals surface area (Å²) in [6.45, 7) is 7.36. The van der Waals surface area contributed by atoms with Gasteiger partial charge in [-0.25, -0.2) is 0 Å². The number of hydrogen-bond acceptors (Lipinski definition) is 3. The number of nitrogens with zero attached hydrogens (tertiary/aromatic N) is 1. The number of amides is 1. The van der Waals surface area contributed by atoms with Crippen LogP contribution in [-0.2, 0) is 4.79 Å². The van der Waals surface area contributed by atoms with Crippen LogP contribution in [0.1, 0.15) is 32.4 Å². The minimum atomic E-state index is -0.561. The molecule has 4 heteroatoms. The van der Waals surface area contributed by atoms with E-state index in [2.05, 4.69) is 27.7 Å². The van der Waals surface area contributed by atoms with Crippen LogP contribution in [-0.4, -0.2) is 43.5 Å². The number of carbonyl (C=O) groups is 1. The molecule has 0 heterocycles. The van der Waals surface area contributed by atoms with Crippen molar-refractivity contribution in [2.24, 2.45) is 0 Å². The van der Waals surface area contributed by atoms with Gasteiger partial charge in [-0.1, -0.05) is 37.3 Å². The summed E-state index contributed by atoms with van der Waals surface area (Å²) < 4.78 is 0. The van der Waals surface area contributed by atoms with E-state index in [1.54, 1.807) is 0 Å². The molecular weight excluding hydrogens is 250 g/mol. The highest BCUT2D eigenvalue weighted by molar-refractivity contribution is 5.85. The van der Waals surface area contributed by atoms with Crippen molar-refractivity contribution in [1.82, 2.24) is 15.5 Å². The molecule has 1 aromatic rings. The highest BCUT2D eigenvalue weighted by atomic mass is 16.2. The van der Waals surface area contributed by atoms with E-state index in [9.17, 15) is 4.79 Å². The lowest BCUT2D eigenvalue weighted by molar-refractivity contribution is -0.127. The number of rotatable bonds is 7. The van der Waals surface area contributed by atoms with E-state index >= 15 is 0 Å². The Morgan fingerprint density at radius 1 is 1.25 bits per heavy atom. The van der Waals surface area contributed by atoms with Crippen LogP contribution in [0.5, 0.6) is 0 Å². The molecule has 0 aliphatic heterocycles. The summed E-state index contributed by atoms with van der Waals surface area (Å²) in [5.74, 6) is 0.0232. The Balaban J connectivity index is 2.83. The molecule has 1 unspecified atom stereocenters. The fourth-order valence-corrected chi connectivity index (χ4v) is 2.15. The molecule has 0 saturated heterocycles.